The summed E-state index contributed by atoms with van der Waals surface area (Å²) in [6.45, 7) is 0.717. The number of nitrogens with two attached hydrogens (primary N) is 1. The van der Waals surface area contributed by atoms with Crippen LogP contribution in [-0.4, -0.2) is 21.3 Å². The van der Waals surface area contributed by atoms with Gasteiger partial charge in [0.2, 0.25) is 10.0 Å². The van der Waals surface area contributed by atoms with Crippen molar-refractivity contribution >= 4 is 27.3 Å². The number of anilines is 1. The van der Waals surface area contributed by atoms with E-state index in [0.29, 0.717) is 36.2 Å². The monoisotopic (exact) mass is 438 g/mol. The number of fused-ring (bicyclic) bond motifs is 1. The van der Waals surface area contributed by atoms with Crippen LogP contribution >= 0.6 is 11.6 Å². The molecule has 0 aromatic heterocycles. The van der Waals surface area contributed by atoms with E-state index in [4.69, 9.17) is 16.7 Å². The molecule has 0 aliphatic carbocycles. The molecule has 0 unspecified atom stereocenters. The van der Waals surface area contributed by atoms with Gasteiger partial charge in [-0.3, -0.25) is 0 Å². The Balaban J connectivity index is 1.89. The number of alkyl halides is 3. The number of sulfonamides is 1. The van der Waals surface area contributed by atoms with Crippen LogP contribution in [0.3, 0.4) is 0 Å². The predicted octanol–water partition coefficient (Wildman–Crippen LogP) is 3.98. The summed E-state index contributed by atoms with van der Waals surface area (Å²) in [5.74, 6) is -1.33. The Morgan fingerprint density at radius 2 is 1.93 bits per heavy atom. The number of nitrogens with zero attached hydrogens (tertiary/aromatic N) is 1. The maximum Gasteiger partial charge on any atom is 0.573 e. The van der Waals surface area contributed by atoms with E-state index in [1.807, 2.05) is 4.90 Å². The van der Waals surface area contributed by atoms with Gasteiger partial charge >= 0.3 is 6.36 Å². The SMILES string of the molecule is NS(=O)(=O)c1cc(Cl)c(CN2CCCc3cc(OC(F)(F)F)ccc32)cc1F. The van der Waals surface area contributed by atoms with Gasteiger partial charge in [-0.25, -0.2) is 17.9 Å². The van der Waals surface area contributed by atoms with E-state index < -0.39 is 27.1 Å². The second-order valence-electron chi connectivity index (χ2n) is 6.28. The zero-order chi connectivity index (χ0) is 20.7. The third-order valence-electron chi connectivity index (χ3n) is 4.27. The molecule has 2 N–H and O–H groups in total. The second kappa shape index (κ2) is 7.41. The van der Waals surface area contributed by atoms with Crippen LogP contribution in [0.4, 0.5) is 23.2 Å². The quantitative estimate of drug-likeness (QED) is 0.733. The van der Waals surface area contributed by atoms with Crippen molar-refractivity contribution < 1.29 is 30.7 Å². The van der Waals surface area contributed by atoms with E-state index in [2.05, 4.69) is 4.74 Å². The van der Waals surface area contributed by atoms with Gasteiger partial charge in [0, 0.05) is 23.8 Å². The highest BCUT2D eigenvalue weighted by atomic mass is 35.5. The van der Waals surface area contributed by atoms with E-state index in [1.54, 1.807) is 0 Å². The van der Waals surface area contributed by atoms with E-state index >= 15 is 0 Å². The third-order valence-corrected chi connectivity index (χ3v) is 5.55. The Morgan fingerprint density at radius 1 is 1.21 bits per heavy atom. The van der Waals surface area contributed by atoms with Crippen molar-refractivity contribution in [1.82, 2.24) is 0 Å². The fourth-order valence-corrected chi connectivity index (χ4v) is 4.03. The molecule has 152 valence electrons. The van der Waals surface area contributed by atoms with Crippen molar-refractivity contribution in [3.8, 4) is 5.75 Å². The minimum absolute atomic E-state index is 0.0228. The van der Waals surface area contributed by atoms with Crippen LogP contribution in [0.5, 0.6) is 5.75 Å². The van der Waals surface area contributed by atoms with Crippen molar-refractivity contribution in [2.75, 3.05) is 11.4 Å². The first-order valence-corrected chi connectivity index (χ1v) is 10.0. The molecule has 2 aromatic carbocycles. The van der Waals surface area contributed by atoms with Gasteiger partial charge in [0.1, 0.15) is 16.5 Å². The van der Waals surface area contributed by atoms with Gasteiger partial charge in [0.15, 0.2) is 0 Å². The molecule has 1 aliphatic heterocycles. The number of benzene rings is 2. The minimum Gasteiger partial charge on any atom is -0.406 e. The maximum atomic E-state index is 14.1. The molecule has 0 amide bonds. The number of hydrogen-bond donors (Lipinski definition) is 1. The standard InChI is InChI=1S/C17H15ClF4N2O3S/c18-13-8-16(28(23,25)26)14(19)7-11(13)9-24-5-1-2-10-6-12(3-4-15(10)24)27-17(20,21)22/h3-4,6-8H,1-2,5,9H2,(H2,23,25,26). The molecule has 0 saturated heterocycles. The lowest BCUT2D eigenvalue weighted by molar-refractivity contribution is -0.274. The number of primary sulfonamides is 1. The summed E-state index contributed by atoms with van der Waals surface area (Å²) in [5, 5.41) is 4.98. The molecular formula is C17H15ClF4N2O3S. The van der Waals surface area contributed by atoms with E-state index in [-0.39, 0.29) is 17.3 Å². The summed E-state index contributed by atoms with van der Waals surface area (Å²) in [6, 6.07) is 5.97. The molecule has 0 atom stereocenters. The molecule has 0 fully saturated rings. The lowest BCUT2D eigenvalue weighted by atomic mass is 10.0. The van der Waals surface area contributed by atoms with Crippen LogP contribution in [0.1, 0.15) is 17.5 Å². The Labute approximate surface area is 163 Å². The zero-order valence-corrected chi connectivity index (χ0v) is 15.8. The van der Waals surface area contributed by atoms with Crippen LogP contribution < -0.4 is 14.8 Å². The minimum atomic E-state index is -4.78. The number of ether oxygens (including phenoxy) is 1. The van der Waals surface area contributed by atoms with Crippen LogP contribution in [0.25, 0.3) is 0 Å². The summed E-state index contributed by atoms with van der Waals surface area (Å²) < 4.78 is 78.0. The van der Waals surface area contributed by atoms with Crippen LogP contribution in [-0.2, 0) is 23.0 Å². The van der Waals surface area contributed by atoms with Crippen LogP contribution in [0, 0.1) is 5.82 Å². The number of aryl methyl sites for hydroxylation is 1. The van der Waals surface area contributed by atoms with E-state index in [9.17, 15) is 26.0 Å². The molecule has 0 bridgehead atoms. The fourth-order valence-electron chi connectivity index (χ4n) is 3.13. The van der Waals surface area contributed by atoms with E-state index in [0.717, 1.165) is 12.1 Å². The number of hydrogen-bond acceptors (Lipinski definition) is 4. The molecule has 1 heterocycles. The third kappa shape index (κ3) is 4.68. The summed E-state index contributed by atoms with van der Waals surface area (Å²) in [5.41, 5.74) is 1.66. The first-order chi connectivity index (χ1) is 12.9. The normalized spacial score (nSPS) is 14.7. The average molecular weight is 439 g/mol. The first-order valence-electron chi connectivity index (χ1n) is 8.08. The van der Waals surface area contributed by atoms with Gasteiger partial charge in [-0.15, -0.1) is 13.2 Å². The summed E-state index contributed by atoms with van der Waals surface area (Å²) >= 11 is 6.09. The van der Waals surface area contributed by atoms with E-state index in [1.165, 1.54) is 18.2 Å². The predicted molar refractivity (Wildman–Crippen MR) is 95.3 cm³/mol. The number of halogens is 5. The Morgan fingerprint density at radius 3 is 2.57 bits per heavy atom. The number of rotatable bonds is 4. The van der Waals surface area contributed by atoms with Crippen LogP contribution in [0.2, 0.25) is 5.02 Å². The molecule has 28 heavy (non-hydrogen) atoms. The van der Waals surface area contributed by atoms with Crippen molar-refractivity contribution in [3.05, 3.63) is 52.3 Å². The molecule has 3 rings (SSSR count). The van der Waals surface area contributed by atoms with Gasteiger partial charge in [-0.2, -0.15) is 0 Å². The molecule has 0 radical (unpaired) electrons. The Hall–Kier alpha value is -2.04. The first kappa shape index (κ1) is 20.7. The van der Waals surface area contributed by atoms with Gasteiger partial charge in [0.05, 0.1) is 0 Å². The van der Waals surface area contributed by atoms with Crippen molar-refractivity contribution in [2.45, 2.75) is 30.6 Å². The molecular weight excluding hydrogens is 424 g/mol. The molecule has 2 aromatic rings. The van der Waals surface area contributed by atoms with Crippen molar-refractivity contribution in [3.63, 3.8) is 0 Å². The topological polar surface area (TPSA) is 72.6 Å². The van der Waals surface area contributed by atoms with Crippen molar-refractivity contribution in [2.24, 2.45) is 5.14 Å². The fraction of sp³-hybridized carbons (Fsp3) is 0.294. The molecule has 0 spiro atoms. The van der Waals surface area contributed by atoms with Crippen LogP contribution in [0.15, 0.2) is 35.2 Å². The van der Waals surface area contributed by atoms with Crippen molar-refractivity contribution in [1.29, 1.82) is 0 Å². The molecule has 0 saturated carbocycles. The Kier molecular flexibility index (Phi) is 5.48. The lowest BCUT2D eigenvalue weighted by Gasteiger charge is -2.32. The lowest BCUT2D eigenvalue weighted by Crippen LogP contribution is -2.29. The zero-order valence-electron chi connectivity index (χ0n) is 14.3. The smallest absolute Gasteiger partial charge is 0.406 e. The van der Waals surface area contributed by atoms with Gasteiger partial charge in [-0.05, 0) is 54.3 Å². The molecule has 5 nitrogen and oxygen atoms in total. The second-order valence-corrected chi connectivity index (χ2v) is 8.22. The summed E-state index contributed by atoms with van der Waals surface area (Å²) in [6.07, 6.45) is -3.55. The highest BCUT2D eigenvalue weighted by molar-refractivity contribution is 7.89. The largest absolute Gasteiger partial charge is 0.573 e. The Bertz CT molecular complexity index is 1010. The molecule has 1 aliphatic rings. The average Bonchev–Trinajstić information content (AvgIpc) is 2.55. The van der Waals surface area contributed by atoms with Gasteiger partial charge in [-0.1, -0.05) is 11.6 Å². The highest BCUT2D eigenvalue weighted by Gasteiger charge is 2.31. The molecule has 11 heteroatoms. The van der Waals surface area contributed by atoms with Gasteiger partial charge < -0.3 is 9.64 Å². The highest BCUT2D eigenvalue weighted by Crippen LogP contribution is 2.34. The summed E-state index contributed by atoms with van der Waals surface area (Å²) in [7, 11) is -4.25. The maximum absolute atomic E-state index is 14.1. The summed E-state index contributed by atoms with van der Waals surface area (Å²) in [4.78, 5) is 1.13. The van der Waals surface area contributed by atoms with Gasteiger partial charge in [0.25, 0.3) is 0 Å².